The van der Waals surface area contributed by atoms with Gasteiger partial charge in [0.05, 0.1) is 35.7 Å². The highest BCUT2D eigenvalue weighted by Gasteiger charge is 2.36. The van der Waals surface area contributed by atoms with Crippen LogP contribution in [0.3, 0.4) is 0 Å². The molecule has 1 saturated carbocycles. The summed E-state index contributed by atoms with van der Waals surface area (Å²) in [5, 5.41) is 9.56. The van der Waals surface area contributed by atoms with Crippen molar-refractivity contribution >= 4 is 23.1 Å². The Morgan fingerprint density at radius 2 is 2.03 bits per heavy atom. The Hall–Kier alpha value is -3.42. The van der Waals surface area contributed by atoms with Crippen LogP contribution in [-0.2, 0) is 6.54 Å². The lowest BCUT2D eigenvalue weighted by molar-refractivity contribution is 0.0917. The summed E-state index contributed by atoms with van der Waals surface area (Å²) in [6.45, 7) is 1.04. The van der Waals surface area contributed by atoms with Crippen LogP contribution in [0.4, 0.5) is 10.5 Å². The number of rotatable bonds is 4. The van der Waals surface area contributed by atoms with E-state index in [-0.39, 0.29) is 24.4 Å². The van der Waals surface area contributed by atoms with Crippen molar-refractivity contribution in [3.8, 4) is 0 Å². The van der Waals surface area contributed by atoms with Crippen LogP contribution in [0.15, 0.2) is 42.3 Å². The number of ketones is 1. The normalized spacial score (nSPS) is 20.3. The van der Waals surface area contributed by atoms with Crippen molar-refractivity contribution in [3.63, 3.8) is 0 Å². The van der Waals surface area contributed by atoms with Crippen LogP contribution in [0.1, 0.15) is 47.4 Å². The standard InChI is InChI=1S/C22H26N6O2/c23-28-17-12-27(22(30)26-16-6-7-16)13-18(29)19(17)20(25-15-4-2-1-3-5-15)21(28)14-8-10-24-11-9-14/h2,4-5,8-10,16,24-25H,1,3,6-7,11-13,23H2,(H,26,30). The fourth-order valence-corrected chi connectivity index (χ4v) is 4.11. The van der Waals surface area contributed by atoms with Gasteiger partial charge >= 0.3 is 6.03 Å². The van der Waals surface area contributed by atoms with E-state index < -0.39 is 0 Å². The number of aromatic nitrogens is 1. The lowest BCUT2D eigenvalue weighted by atomic mass is 10.0. The molecule has 0 saturated heterocycles. The zero-order valence-electron chi connectivity index (χ0n) is 16.8. The summed E-state index contributed by atoms with van der Waals surface area (Å²) in [6.07, 6.45) is 16.1. The second kappa shape index (κ2) is 7.44. The summed E-state index contributed by atoms with van der Waals surface area (Å²) in [4.78, 5) is 27.3. The van der Waals surface area contributed by atoms with Gasteiger partial charge in [-0.15, -0.1) is 0 Å². The lowest BCUT2D eigenvalue weighted by Gasteiger charge is -2.27. The number of allylic oxidation sites excluding steroid dienone is 5. The average molecular weight is 406 g/mol. The molecule has 1 aromatic rings. The molecule has 2 aliphatic carbocycles. The fraction of sp³-hybridized carbons (Fsp3) is 0.364. The molecule has 2 amide bonds. The molecule has 0 spiro atoms. The Morgan fingerprint density at radius 1 is 1.17 bits per heavy atom. The van der Waals surface area contributed by atoms with E-state index in [1.165, 1.54) is 0 Å². The number of nitrogen functional groups attached to an aromatic ring is 1. The predicted molar refractivity (Wildman–Crippen MR) is 116 cm³/mol. The summed E-state index contributed by atoms with van der Waals surface area (Å²) in [7, 11) is 0. The minimum absolute atomic E-state index is 0.0506. The van der Waals surface area contributed by atoms with Gasteiger partial charge in [-0.05, 0) is 44.0 Å². The van der Waals surface area contributed by atoms with E-state index in [1.54, 1.807) is 9.58 Å². The molecule has 1 fully saturated rings. The highest BCUT2D eigenvalue weighted by molar-refractivity contribution is 6.09. The van der Waals surface area contributed by atoms with Crippen molar-refractivity contribution in [1.29, 1.82) is 0 Å². The van der Waals surface area contributed by atoms with E-state index in [9.17, 15) is 9.59 Å². The molecule has 0 unspecified atom stereocenters. The van der Waals surface area contributed by atoms with Gasteiger partial charge in [-0.1, -0.05) is 18.2 Å². The molecule has 3 heterocycles. The third-order valence-corrected chi connectivity index (χ3v) is 5.81. The molecular formula is C22H26N6O2. The van der Waals surface area contributed by atoms with Gasteiger partial charge in [0.15, 0.2) is 5.78 Å². The number of urea groups is 1. The molecule has 30 heavy (non-hydrogen) atoms. The van der Waals surface area contributed by atoms with Crippen molar-refractivity contribution in [3.05, 3.63) is 59.2 Å². The molecule has 156 valence electrons. The highest BCUT2D eigenvalue weighted by atomic mass is 16.2. The molecule has 0 aromatic carbocycles. The number of nitrogens with two attached hydrogens (primary N) is 1. The Labute approximate surface area is 175 Å². The van der Waals surface area contributed by atoms with Crippen molar-refractivity contribution in [2.75, 3.05) is 24.2 Å². The number of fused-ring (bicyclic) bond motifs is 1. The van der Waals surface area contributed by atoms with Crippen LogP contribution in [0, 0.1) is 0 Å². The summed E-state index contributed by atoms with van der Waals surface area (Å²) in [5.74, 6) is 6.43. The maximum Gasteiger partial charge on any atom is 0.318 e. The molecular weight excluding hydrogens is 380 g/mol. The van der Waals surface area contributed by atoms with E-state index in [0.717, 1.165) is 48.3 Å². The number of hydrogen-bond acceptors (Lipinski definition) is 5. The zero-order valence-corrected chi connectivity index (χ0v) is 16.8. The molecule has 0 radical (unpaired) electrons. The summed E-state index contributed by atoms with van der Waals surface area (Å²) < 4.78 is 1.57. The molecule has 8 heteroatoms. The van der Waals surface area contributed by atoms with Crippen LogP contribution in [0.2, 0.25) is 0 Å². The van der Waals surface area contributed by atoms with E-state index >= 15 is 0 Å². The van der Waals surface area contributed by atoms with Gasteiger partial charge in [0.25, 0.3) is 0 Å². The van der Waals surface area contributed by atoms with E-state index in [4.69, 9.17) is 5.84 Å². The first-order valence-corrected chi connectivity index (χ1v) is 10.5. The maximum atomic E-state index is 13.2. The summed E-state index contributed by atoms with van der Waals surface area (Å²) in [6, 6.07) is 0.0363. The minimum atomic E-state index is -0.201. The van der Waals surface area contributed by atoms with Crippen LogP contribution >= 0.6 is 0 Å². The molecule has 0 bridgehead atoms. The number of nitrogens with one attached hydrogen (secondary N) is 3. The maximum absolute atomic E-state index is 13.2. The monoisotopic (exact) mass is 406 g/mol. The zero-order chi connectivity index (χ0) is 20.7. The number of Topliss-reactive ketones (excluding diaryl/α,β-unsaturated/α-hetero) is 1. The topological polar surface area (TPSA) is 104 Å². The third kappa shape index (κ3) is 3.38. The predicted octanol–water partition coefficient (Wildman–Crippen LogP) is 2.22. The number of carbonyl (C=O) groups excluding carboxylic acids is 2. The van der Waals surface area contributed by atoms with Crippen LogP contribution in [-0.4, -0.2) is 40.5 Å². The second-order valence-corrected chi connectivity index (χ2v) is 8.08. The quantitative estimate of drug-likeness (QED) is 0.574. The van der Waals surface area contributed by atoms with Gasteiger partial charge in [0, 0.05) is 23.9 Å². The fourth-order valence-electron chi connectivity index (χ4n) is 4.11. The number of hydrogen-bond donors (Lipinski definition) is 4. The number of nitrogens with zero attached hydrogens (tertiary/aromatic N) is 2. The SMILES string of the molecule is Nn1c2c(c(NC3=CCCC=C3)c1C1=CCNC=C1)C(=O)CN(C(=O)NC1CC1)C2. The Morgan fingerprint density at radius 3 is 2.73 bits per heavy atom. The number of dihydropyridines is 1. The number of anilines is 1. The highest BCUT2D eigenvalue weighted by Crippen LogP contribution is 2.37. The van der Waals surface area contributed by atoms with E-state index in [2.05, 4.69) is 28.1 Å². The van der Waals surface area contributed by atoms with Crippen molar-refractivity contribution in [2.24, 2.45) is 0 Å². The smallest absolute Gasteiger partial charge is 0.318 e. The van der Waals surface area contributed by atoms with Gasteiger partial charge in [0.1, 0.15) is 0 Å². The Kier molecular flexibility index (Phi) is 4.61. The number of amides is 2. The van der Waals surface area contributed by atoms with Crippen molar-refractivity contribution < 1.29 is 9.59 Å². The molecule has 4 aliphatic rings. The Balaban J connectivity index is 1.55. The van der Waals surface area contributed by atoms with Gasteiger partial charge in [0.2, 0.25) is 0 Å². The molecule has 0 atom stereocenters. The number of carbonyl (C=O) groups is 2. The second-order valence-electron chi connectivity index (χ2n) is 8.08. The van der Waals surface area contributed by atoms with Gasteiger partial charge < -0.3 is 26.7 Å². The van der Waals surface area contributed by atoms with E-state index in [1.807, 2.05) is 24.4 Å². The van der Waals surface area contributed by atoms with Gasteiger partial charge in [-0.25, -0.2) is 4.79 Å². The van der Waals surface area contributed by atoms with Gasteiger partial charge in [-0.3, -0.25) is 9.47 Å². The summed E-state index contributed by atoms with van der Waals surface area (Å²) >= 11 is 0. The first-order valence-electron chi connectivity index (χ1n) is 10.5. The van der Waals surface area contributed by atoms with Crippen molar-refractivity contribution in [1.82, 2.24) is 20.2 Å². The lowest BCUT2D eigenvalue weighted by Crippen LogP contribution is -2.46. The molecule has 5 N–H and O–H groups in total. The van der Waals surface area contributed by atoms with Crippen LogP contribution in [0.25, 0.3) is 5.57 Å². The van der Waals surface area contributed by atoms with E-state index in [0.29, 0.717) is 24.3 Å². The molecule has 2 aliphatic heterocycles. The van der Waals surface area contributed by atoms with Gasteiger partial charge in [-0.2, -0.15) is 0 Å². The largest absolute Gasteiger partial charge is 0.387 e. The molecule has 5 rings (SSSR count). The third-order valence-electron chi connectivity index (χ3n) is 5.81. The first-order chi connectivity index (χ1) is 14.6. The van der Waals surface area contributed by atoms with Crippen molar-refractivity contribution in [2.45, 2.75) is 38.3 Å². The first kappa shape index (κ1) is 18.6. The minimum Gasteiger partial charge on any atom is -0.387 e. The Bertz CT molecular complexity index is 1020. The molecule has 8 nitrogen and oxygen atoms in total. The van der Waals surface area contributed by atoms with Crippen LogP contribution < -0.4 is 21.8 Å². The summed E-state index contributed by atoms with van der Waals surface area (Å²) in [5.41, 5.74) is 4.61. The average Bonchev–Trinajstić information content (AvgIpc) is 3.53. The van der Waals surface area contributed by atoms with Crippen LogP contribution in [0.5, 0.6) is 0 Å². The molecule has 1 aromatic heterocycles.